The minimum Gasteiger partial charge on any atom is -0.477 e. The molecule has 1 aromatic carbocycles. The van der Waals surface area contributed by atoms with Crippen molar-refractivity contribution in [3.63, 3.8) is 0 Å². The minimum absolute atomic E-state index is 0.135. The highest BCUT2D eigenvalue weighted by Gasteiger charge is 2.14. The fourth-order valence-electron chi connectivity index (χ4n) is 1.83. The molecule has 1 N–H and O–H groups in total. The van der Waals surface area contributed by atoms with Crippen molar-refractivity contribution in [3.8, 4) is 0 Å². The van der Waals surface area contributed by atoms with Crippen LogP contribution in [0.5, 0.6) is 0 Å². The normalized spacial score (nSPS) is 10.1. The maximum Gasteiger partial charge on any atom is 0.354 e. The summed E-state index contributed by atoms with van der Waals surface area (Å²) in [6, 6.07) is 12.4. The molecule has 0 aliphatic heterocycles. The molecular weight excluding hydrogens is 256 g/mol. The second-order valence-corrected chi connectivity index (χ2v) is 4.38. The van der Waals surface area contributed by atoms with Gasteiger partial charge in [-0.25, -0.2) is 9.78 Å². The predicted molar refractivity (Wildman–Crippen MR) is 73.4 cm³/mol. The van der Waals surface area contributed by atoms with Crippen molar-refractivity contribution in [2.24, 2.45) is 0 Å². The molecular formula is C15H14N2O3. The average Bonchev–Trinajstić information content (AvgIpc) is 2.47. The van der Waals surface area contributed by atoms with Gasteiger partial charge in [0, 0.05) is 25.4 Å². The van der Waals surface area contributed by atoms with Crippen molar-refractivity contribution in [1.29, 1.82) is 0 Å². The number of pyridine rings is 1. The van der Waals surface area contributed by atoms with E-state index in [1.165, 1.54) is 23.2 Å². The highest BCUT2D eigenvalue weighted by molar-refractivity contribution is 5.96. The summed E-state index contributed by atoms with van der Waals surface area (Å²) in [7, 11) is 1.68. The number of hydrogen-bond donors (Lipinski definition) is 1. The standard InChI is InChI=1S/C15H14N2O3/c1-17(10-11-5-3-2-4-6-11)14(18)12-7-8-16-13(9-12)15(19)20/h2-9H,10H2,1H3,(H,19,20). The lowest BCUT2D eigenvalue weighted by Gasteiger charge is -2.17. The Labute approximate surface area is 116 Å². The largest absolute Gasteiger partial charge is 0.477 e. The number of aromatic nitrogens is 1. The number of carbonyl (C=O) groups excluding carboxylic acids is 1. The summed E-state index contributed by atoms with van der Waals surface area (Å²) in [5.74, 6) is -1.39. The Hall–Kier alpha value is -2.69. The first-order chi connectivity index (χ1) is 9.58. The number of benzene rings is 1. The summed E-state index contributed by atoms with van der Waals surface area (Å²) in [4.78, 5) is 28.3. The van der Waals surface area contributed by atoms with E-state index in [1.807, 2.05) is 30.3 Å². The van der Waals surface area contributed by atoms with Crippen LogP contribution in [0.2, 0.25) is 0 Å². The van der Waals surface area contributed by atoms with E-state index in [-0.39, 0.29) is 11.6 Å². The summed E-state index contributed by atoms with van der Waals surface area (Å²) in [5.41, 5.74) is 1.19. The summed E-state index contributed by atoms with van der Waals surface area (Å²) < 4.78 is 0. The predicted octanol–water partition coefficient (Wildman–Crippen LogP) is 2.05. The van der Waals surface area contributed by atoms with Crippen LogP contribution in [0.4, 0.5) is 0 Å². The Morgan fingerprint density at radius 2 is 1.90 bits per heavy atom. The Kier molecular flexibility index (Phi) is 4.10. The second kappa shape index (κ2) is 5.97. The molecule has 20 heavy (non-hydrogen) atoms. The Bertz CT molecular complexity index is 626. The molecule has 0 atom stereocenters. The molecule has 0 saturated carbocycles. The summed E-state index contributed by atoms with van der Waals surface area (Å²) in [5, 5.41) is 8.88. The van der Waals surface area contributed by atoms with Crippen LogP contribution in [0, 0.1) is 0 Å². The lowest BCUT2D eigenvalue weighted by molar-refractivity contribution is 0.0690. The smallest absolute Gasteiger partial charge is 0.354 e. The van der Waals surface area contributed by atoms with Gasteiger partial charge in [0.1, 0.15) is 5.69 Å². The summed E-state index contributed by atoms with van der Waals surface area (Å²) in [6.07, 6.45) is 1.33. The fraction of sp³-hybridized carbons (Fsp3) is 0.133. The van der Waals surface area contributed by atoms with Crippen LogP contribution in [-0.4, -0.2) is 33.9 Å². The van der Waals surface area contributed by atoms with Crippen LogP contribution >= 0.6 is 0 Å². The molecule has 0 aliphatic carbocycles. The zero-order chi connectivity index (χ0) is 14.5. The molecule has 0 aliphatic rings. The molecule has 0 radical (unpaired) electrons. The van der Waals surface area contributed by atoms with E-state index < -0.39 is 5.97 Å². The third kappa shape index (κ3) is 3.20. The molecule has 5 nitrogen and oxygen atoms in total. The van der Waals surface area contributed by atoms with E-state index in [2.05, 4.69) is 4.98 Å². The molecule has 0 bridgehead atoms. The van der Waals surface area contributed by atoms with E-state index >= 15 is 0 Å². The van der Waals surface area contributed by atoms with Crippen molar-refractivity contribution in [3.05, 3.63) is 65.5 Å². The number of hydrogen-bond acceptors (Lipinski definition) is 3. The van der Waals surface area contributed by atoms with Crippen LogP contribution in [0.3, 0.4) is 0 Å². The number of carboxylic acid groups (broad SMARTS) is 1. The van der Waals surface area contributed by atoms with Crippen molar-refractivity contribution < 1.29 is 14.7 Å². The number of nitrogens with zero attached hydrogens (tertiary/aromatic N) is 2. The van der Waals surface area contributed by atoms with Gasteiger partial charge in [0.2, 0.25) is 0 Å². The zero-order valence-corrected chi connectivity index (χ0v) is 11.0. The van der Waals surface area contributed by atoms with Gasteiger partial charge >= 0.3 is 5.97 Å². The van der Waals surface area contributed by atoms with Gasteiger partial charge in [-0.1, -0.05) is 30.3 Å². The van der Waals surface area contributed by atoms with Crippen LogP contribution < -0.4 is 0 Å². The van der Waals surface area contributed by atoms with E-state index in [9.17, 15) is 9.59 Å². The maximum atomic E-state index is 12.2. The summed E-state index contributed by atoms with van der Waals surface area (Å²) >= 11 is 0. The third-order valence-electron chi connectivity index (χ3n) is 2.84. The van der Waals surface area contributed by atoms with Crippen molar-refractivity contribution in [2.75, 3.05) is 7.05 Å². The molecule has 1 aromatic heterocycles. The Balaban J connectivity index is 2.14. The molecule has 0 spiro atoms. The second-order valence-electron chi connectivity index (χ2n) is 4.38. The average molecular weight is 270 g/mol. The molecule has 0 unspecified atom stereocenters. The van der Waals surface area contributed by atoms with Crippen molar-refractivity contribution >= 4 is 11.9 Å². The van der Waals surface area contributed by atoms with Gasteiger partial charge in [-0.2, -0.15) is 0 Å². The molecule has 2 rings (SSSR count). The van der Waals surface area contributed by atoms with Crippen LogP contribution in [0.25, 0.3) is 0 Å². The highest BCUT2D eigenvalue weighted by Crippen LogP contribution is 2.09. The van der Waals surface area contributed by atoms with Gasteiger partial charge in [0.25, 0.3) is 5.91 Å². The minimum atomic E-state index is -1.15. The number of aromatic carboxylic acids is 1. The zero-order valence-electron chi connectivity index (χ0n) is 11.0. The molecule has 102 valence electrons. The van der Waals surface area contributed by atoms with Gasteiger partial charge in [0.15, 0.2) is 0 Å². The van der Waals surface area contributed by atoms with Gasteiger partial charge in [-0.05, 0) is 17.7 Å². The third-order valence-corrected chi connectivity index (χ3v) is 2.84. The van der Waals surface area contributed by atoms with E-state index in [1.54, 1.807) is 7.05 Å². The molecule has 1 heterocycles. The van der Waals surface area contributed by atoms with Crippen molar-refractivity contribution in [2.45, 2.75) is 6.54 Å². The maximum absolute atomic E-state index is 12.2. The van der Waals surface area contributed by atoms with Crippen molar-refractivity contribution in [1.82, 2.24) is 9.88 Å². The first-order valence-corrected chi connectivity index (χ1v) is 6.06. The first kappa shape index (κ1) is 13.7. The van der Waals surface area contributed by atoms with Crippen LogP contribution in [-0.2, 0) is 6.54 Å². The fourth-order valence-corrected chi connectivity index (χ4v) is 1.83. The Morgan fingerprint density at radius 1 is 1.20 bits per heavy atom. The molecule has 0 fully saturated rings. The lowest BCUT2D eigenvalue weighted by atomic mass is 10.1. The topological polar surface area (TPSA) is 70.5 Å². The number of carbonyl (C=O) groups is 2. The van der Waals surface area contributed by atoms with E-state index in [4.69, 9.17) is 5.11 Å². The Morgan fingerprint density at radius 3 is 2.55 bits per heavy atom. The highest BCUT2D eigenvalue weighted by atomic mass is 16.4. The molecule has 1 amide bonds. The van der Waals surface area contributed by atoms with Crippen LogP contribution in [0.1, 0.15) is 26.4 Å². The SMILES string of the molecule is CN(Cc1ccccc1)C(=O)c1ccnc(C(=O)O)c1. The van der Waals surface area contributed by atoms with Gasteiger partial charge in [-0.15, -0.1) is 0 Å². The van der Waals surface area contributed by atoms with Gasteiger partial charge in [0.05, 0.1) is 0 Å². The lowest BCUT2D eigenvalue weighted by Crippen LogP contribution is -2.26. The molecule has 0 saturated heterocycles. The summed E-state index contributed by atoms with van der Waals surface area (Å²) in [6.45, 7) is 0.463. The van der Waals surface area contributed by atoms with Gasteiger partial charge in [-0.3, -0.25) is 4.79 Å². The van der Waals surface area contributed by atoms with Gasteiger partial charge < -0.3 is 10.0 Å². The van der Waals surface area contributed by atoms with Crippen LogP contribution in [0.15, 0.2) is 48.7 Å². The van der Waals surface area contributed by atoms with E-state index in [0.717, 1.165) is 5.56 Å². The number of rotatable bonds is 4. The molecule has 5 heteroatoms. The number of amides is 1. The quantitative estimate of drug-likeness (QED) is 0.923. The monoisotopic (exact) mass is 270 g/mol. The van der Waals surface area contributed by atoms with E-state index in [0.29, 0.717) is 12.1 Å². The number of carboxylic acids is 1. The first-order valence-electron chi connectivity index (χ1n) is 6.06. The molecule has 2 aromatic rings.